The Kier molecular flexibility index (Phi) is 7.72. The number of aromatic nitrogens is 5. The Labute approximate surface area is 230 Å². The minimum Gasteiger partial charge on any atom is -0.494 e. The summed E-state index contributed by atoms with van der Waals surface area (Å²) < 4.78 is 13.5. The Bertz CT molecular complexity index is 1580. The number of nitrogens with one attached hydrogen (secondary N) is 1. The van der Waals surface area contributed by atoms with Crippen LogP contribution in [0.3, 0.4) is 0 Å². The van der Waals surface area contributed by atoms with E-state index in [2.05, 4.69) is 20.6 Å². The van der Waals surface area contributed by atoms with Gasteiger partial charge in [0.25, 0.3) is 5.56 Å². The molecule has 2 aromatic carbocycles. The predicted octanol–water partition coefficient (Wildman–Crippen LogP) is 2.03. The molecule has 3 heterocycles. The summed E-state index contributed by atoms with van der Waals surface area (Å²) >= 11 is 0. The Morgan fingerprint density at radius 1 is 1.05 bits per heavy atom. The SMILES string of the molecule is COC(=O)[C@H](Cc1ccc(-c2c(OC)cnn(C)c2=O)cc1)NC(=O)C1CCc2nnc(Cc3ccccc3)n21. The molecule has 0 fully saturated rings. The zero-order valence-corrected chi connectivity index (χ0v) is 22.5. The van der Waals surface area contributed by atoms with Crippen molar-refractivity contribution in [3.63, 3.8) is 0 Å². The third kappa shape index (κ3) is 5.35. The van der Waals surface area contributed by atoms with Gasteiger partial charge in [-0.2, -0.15) is 5.10 Å². The number of carbonyl (C=O) groups excluding carboxylic acids is 2. The molecule has 11 nitrogen and oxygen atoms in total. The maximum atomic E-state index is 13.5. The van der Waals surface area contributed by atoms with E-state index >= 15 is 0 Å². The molecule has 0 radical (unpaired) electrons. The summed E-state index contributed by atoms with van der Waals surface area (Å²) in [6, 6.07) is 15.6. The number of aryl methyl sites for hydroxylation is 2. The zero-order valence-electron chi connectivity index (χ0n) is 22.5. The van der Waals surface area contributed by atoms with E-state index in [1.165, 1.54) is 25.1 Å². The van der Waals surface area contributed by atoms with E-state index < -0.39 is 18.1 Å². The Hall–Kier alpha value is -4.80. The largest absolute Gasteiger partial charge is 0.494 e. The van der Waals surface area contributed by atoms with Crippen LogP contribution in [0.1, 0.15) is 35.2 Å². The van der Waals surface area contributed by atoms with E-state index in [-0.39, 0.29) is 17.9 Å². The Morgan fingerprint density at radius 2 is 1.80 bits per heavy atom. The van der Waals surface area contributed by atoms with Crippen LogP contribution in [0.4, 0.5) is 0 Å². The first-order valence-electron chi connectivity index (χ1n) is 12.9. The average Bonchev–Trinajstić information content (AvgIpc) is 3.58. The molecule has 2 atom stereocenters. The first kappa shape index (κ1) is 26.8. The summed E-state index contributed by atoms with van der Waals surface area (Å²) in [6.45, 7) is 0. The molecule has 0 bridgehead atoms. The van der Waals surface area contributed by atoms with Gasteiger partial charge < -0.3 is 19.4 Å². The number of amides is 1. The molecular formula is C29H30N6O5. The molecule has 1 N–H and O–H groups in total. The second kappa shape index (κ2) is 11.5. The molecule has 1 aliphatic rings. The molecule has 0 aliphatic carbocycles. The molecule has 5 rings (SSSR count). The van der Waals surface area contributed by atoms with E-state index in [1.54, 1.807) is 19.2 Å². The number of rotatable bonds is 9. The summed E-state index contributed by atoms with van der Waals surface area (Å²) in [5.74, 6) is 1.00. The van der Waals surface area contributed by atoms with Gasteiger partial charge in [0, 0.05) is 26.3 Å². The maximum absolute atomic E-state index is 13.5. The van der Waals surface area contributed by atoms with Gasteiger partial charge in [-0.15, -0.1) is 10.2 Å². The lowest BCUT2D eigenvalue weighted by Gasteiger charge is -2.21. The fourth-order valence-corrected chi connectivity index (χ4v) is 5.02. The van der Waals surface area contributed by atoms with E-state index in [0.29, 0.717) is 42.0 Å². The molecule has 40 heavy (non-hydrogen) atoms. The predicted molar refractivity (Wildman–Crippen MR) is 146 cm³/mol. The minimum absolute atomic E-state index is 0.211. The van der Waals surface area contributed by atoms with Gasteiger partial charge >= 0.3 is 5.97 Å². The molecule has 1 unspecified atom stereocenters. The molecule has 1 amide bonds. The van der Waals surface area contributed by atoms with Crippen molar-refractivity contribution < 1.29 is 19.1 Å². The van der Waals surface area contributed by atoms with Crippen LogP contribution in [0.15, 0.2) is 65.6 Å². The van der Waals surface area contributed by atoms with Crippen LogP contribution in [0.2, 0.25) is 0 Å². The highest BCUT2D eigenvalue weighted by molar-refractivity contribution is 5.87. The maximum Gasteiger partial charge on any atom is 0.328 e. The van der Waals surface area contributed by atoms with Gasteiger partial charge in [-0.05, 0) is 23.1 Å². The van der Waals surface area contributed by atoms with Crippen LogP contribution in [0.5, 0.6) is 5.75 Å². The highest BCUT2D eigenvalue weighted by atomic mass is 16.5. The van der Waals surface area contributed by atoms with Gasteiger partial charge in [0.2, 0.25) is 5.91 Å². The van der Waals surface area contributed by atoms with Crippen LogP contribution in [0.25, 0.3) is 11.1 Å². The number of esters is 1. The third-order valence-electron chi connectivity index (χ3n) is 7.10. The molecule has 0 spiro atoms. The molecule has 11 heteroatoms. The summed E-state index contributed by atoms with van der Waals surface area (Å²) in [7, 11) is 4.35. The first-order chi connectivity index (χ1) is 19.4. The molecule has 1 aliphatic heterocycles. The Morgan fingerprint density at radius 3 is 2.50 bits per heavy atom. The van der Waals surface area contributed by atoms with E-state index in [1.807, 2.05) is 47.0 Å². The van der Waals surface area contributed by atoms with Crippen LogP contribution in [0, 0.1) is 0 Å². The number of fused-ring (bicyclic) bond motifs is 1. The van der Waals surface area contributed by atoms with Gasteiger partial charge in [0.15, 0.2) is 5.75 Å². The number of hydrogen-bond donors (Lipinski definition) is 1. The van der Waals surface area contributed by atoms with E-state index in [9.17, 15) is 14.4 Å². The summed E-state index contributed by atoms with van der Waals surface area (Å²) in [5.41, 5.74) is 2.61. The molecule has 206 valence electrons. The van der Waals surface area contributed by atoms with Crippen LogP contribution >= 0.6 is 0 Å². The van der Waals surface area contributed by atoms with Crippen LogP contribution in [-0.4, -0.2) is 56.7 Å². The van der Waals surface area contributed by atoms with Gasteiger partial charge in [-0.3, -0.25) is 9.59 Å². The lowest BCUT2D eigenvalue weighted by atomic mass is 10.0. The quantitative estimate of drug-likeness (QED) is 0.318. The van der Waals surface area contributed by atoms with Gasteiger partial charge in [-0.1, -0.05) is 54.6 Å². The lowest BCUT2D eigenvalue weighted by molar-refractivity contribution is -0.145. The molecule has 2 aromatic heterocycles. The Balaban J connectivity index is 1.33. The zero-order chi connectivity index (χ0) is 28.2. The van der Waals surface area contributed by atoms with E-state index in [0.717, 1.165) is 17.0 Å². The van der Waals surface area contributed by atoms with Crippen LogP contribution < -0.4 is 15.6 Å². The van der Waals surface area contributed by atoms with Gasteiger partial charge in [0.05, 0.1) is 26.0 Å². The highest BCUT2D eigenvalue weighted by Gasteiger charge is 2.34. The summed E-state index contributed by atoms with van der Waals surface area (Å²) in [6.07, 6.45) is 3.45. The second-order valence-electron chi connectivity index (χ2n) is 9.62. The van der Waals surface area contributed by atoms with Crippen molar-refractivity contribution in [2.45, 2.75) is 37.8 Å². The standard InChI is InChI=1S/C29H30N6O5/c1-34-28(37)26(23(39-2)17-30-34)20-11-9-19(10-12-20)15-21(29(38)40-3)31-27(36)22-13-14-24-32-33-25(35(22)24)16-18-7-5-4-6-8-18/h4-12,17,21-22H,13-16H2,1-3H3,(H,31,36)/t21-,22?/m0/s1. The number of methoxy groups -OCH3 is 2. The van der Waals surface area contributed by atoms with Crippen molar-refractivity contribution in [1.82, 2.24) is 29.9 Å². The first-order valence-corrected chi connectivity index (χ1v) is 12.9. The third-order valence-corrected chi connectivity index (χ3v) is 7.10. The van der Waals surface area contributed by atoms with Gasteiger partial charge in [0.1, 0.15) is 23.7 Å². The van der Waals surface area contributed by atoms with Crippen molar-refractivity contribution >= 4 is 11.9 Å². The second-order valence-corrected chi connectivity index (χ2v) is 9.62. The number of hydrogen-bond acceptors (Lipinski definition) is 8. The van der Waals surface area contributed by atoms with Crippen molar-refractivity contribution in [2.75, 3.05) is 14.2 Å². The average molecular weight is 543 g/mol. The lowest BCUT2D eigenvalue weighted by Crippen LogP contribution is -2.45. The fourth-order valence-electron chi connectivity index (χ4n) is 5.02. The molecule has 4 aromatic rings. The van der Waals surface area contributed by atoms with Crippen molar-refractivity contribution in [1.29, 1.82) is 0 Å². The van der Waals surface area contributed by atoms with Crippen LogP contribution in [-0.2, 0) is 40.6 Å². The van der Waals surface area contributed by atoms with Gasteiger partial charge in [-0.25, -0.2) is 9.48 Å². The fraction of sp³-hybridized carbons (Fsp3) is 0.310. The monoisotopic (exact) mass is 542 g/mol. The topological polar surface area (TPSA) is 130 Å². The normalized spacial score (nSPS) is 14.8. The summed E-state index contributed by atoms with van der Waals surface area (Å²) in [4.78, 5) is 38.8. The van der Waals surface area contributed by atoms with Crippen molar-refractivity contribution in [3.8, 4) is 16.9 Å². The minimum atomic E-state index is -0.898. The number of benzene rings is 2. The smallest absolute Gasteiger partial charge is 0.328 e. The number of nitrogens with zero attached hydrogens (tertiary/aromatic N) is 5. The highest BCUT2D eigenvalue weighted by Crippen LogP contribution is 2.28. The van der Waals surface area contributed by atoms with Crippen molar-refractivity contribution in [3.05, 3.63) is 93.9 Å². The number of carbonyl (C=O) groups is 2. The summed E-state index contributed by atoms with van der Waals surface area (Å²) in [5, 5.41) is 15.5. The molecular weight excluding hydrogens is 512 g/mol. The van der Waals surface area contributed by atoms with E-state index in [4.69, 9.17) is 9.47 Å². The molecule has 0 saturated heterocycles. The van der Waals surface area contributed by atoms with Crippen molar-refractivity contribution in [2.24, 2.45) is 7.05 Å². The molecule has 0 saturated carbocycles. The number of ether oxygens (including phenoxy) is 2.